The summed E-state index contributed by atoms with van der Waals surface area (Å²) < 4.78 is 0. The Morgan fingerprint density at radius 2 is 1.76 bits per heavy atom. The molecule has 1 aromatic carbocycles. The Morgan fingerprint density at radius 1 is 0.966 bits per heavy atom. The summed E-state index contributed by atoms with van der Waals surface area (Å²) in [6, 6.07) is 18.1. The van der Waals surface area contributed by atoms with E-state index in [1.807, 2.05) is 0 Å². The quantitative estimate of drug-likeness (QED) is 0.816. The molecule has 2 aliphatic rings. The van der Waals surface area contributed by atoms with E-state index < -0.39 is 0 Å². The van der Waals surface area contributed by atoms with Crippen molar-refractivity contribution in [3.8, 4) is 0 Å². The second kappa shape index (κ2) is 9.70. The Bertz CT molecular complexity index is 760. The number of hydrogen-bond acceptors (Lipinski definition) is 5. The van der Waals surface area contributed by atoms with Crippen molar-refractivity contribution >= 4 is 5.69 Å². The first-order valence-corrected chi connectivity index (χ1v) is 11.0. The Morgan fingerprint density at radius 3 is 2.48 bits per heavy atom. The lowest BCUT2D eigenvalue weighted by molar-refractivity contribution is 0.0248. The molecule has 156 valence electrons. The SMILES string of the molecule is Cc1cccc(CN2CCN(C3CCN(c4ccccc4)CC3)CC2CCO)n1. The number of rotatable bonds is 6. The summed E-state index contributed by atoms with van der Waals surface area (Å²) in [5.74, 6) is 0. The molecule has 1 N–H and O–H groups in total. The number of piperidine rings is 1. The Balaban J connectivity index is 1.34. The maximum absolute atomic E-state index is 9.64. The van der Waals surface area contributed by atoms with E-state index in [4.69, 9.17) is 0 Å². The van der Waals surface area contributed by atoms with Crippen LogP contribution in [0.25, 0.3) is 0 Å². The van der Waals surface area contributed by atoms with Crippen LogP contribution in [-0.2, 0) is 6.54 Å². The maximum atomic E-state index is 9.64. The first kappa shape index (κ1) is 20.3. The van der Waals surface area contributed by atoms with E-state index in [1.165, 1.54) is 18.5 Å². The summed E-state index contributed by atoms with van der Waals surface area (Å²) in [5.41, 5.74) is 3.56. The van der Waals surface area contributed by atoms with E-state index in [0.717, 1.165) is 57.1 Å². The Hall–Kier alpha value is -1.95. The van der Waals surface area contributed by atoms with Gasteiger partial charge in [0.05, 0.1) is 5.69 Å². The van der Waals surface area contributed by atoms with Crippen molar-refractivity contribution in [3.63, 3.8) is 0 Å². The van der Waals surface area contributed by atoms with Crippen LogP contribution >= 0.6 is 0 Å². The van der Waals surface area contributed by atoms with E-state index >= 15 is 0 Å². The predicted molar refractivity (Wildman–Crippen MR) is 118 cm³/mol. The lowest BCUT2D eigenvalue weighted by Crippen LogP contribution is -2.57. The molecule has 2 aromatic rings. The number of para-hydroxylation sites is 1. The highest BCUT2D eigenvalue weighted by atomic mass is 16.3. The van der Waals surface area contributed by atoms with Gasteiger partial charge in [0.25, 0.3) is 0 Å². The summed E-state index contributed by atoms with van der Waals surface area (Å²) in [4.78, 5) is 12.4. The van der Waals surface area contributed by atoms with E-state index in [0.29, 0.717) is 12.1 Å². The van der Waals surface area contributed by atoms with Gasteiger partial charge in [-0.15, -0.1) is 0 Å². The van der Waals surface area contributed by atoms with E-state index in [-0.39, 0.29) is 6.61 Å². The molecular weight excluding hydrogens is 360 g/mol. The molecule has 3 heterocycles. The fraction of sp³-hybridized carbons (Fsp3) is 0.542. The second-order valence-electron chi connectivity index (χ2n) is 8.46. The van der Waals surface area contributed by atoms with Crippen molar-refractivity contribution in [2.24, 2.45) is 0 Å². The molecule has 2 aliphatic heterocycles. The van der Waals surface area contributed by atoms with Gasteiger partial charge in [-0.25, -0.2) is 0 Å². The van der Waals surface area contributed by atoms with Gasteiger partial charge in [0, 0.05) is 69.3 Å². The second-order valence-corrected chi connectivity index (χ2v) is 8.46. The molecule has 4 rings (SSSR count). The van der Waals surface area contributed by atoms with Crippen molar-refractivity contribution in [3.05, 3.63) is 59.9 Å². The molecule has 29 heavy (non-hydrogen) atoms. The molecule has 0 amide bonds. The number of hydrogen-bond donors (Lipinski definition) is 1. The van der Waals surface area contributed by atoms with Gasteiger partial charge in [-0.05, 0) is 50.5 Å². The van der Waals surface area contributed by atoms with Gasteiger partial charge in [-0.2, -0.15) is 0 Å². The average molecular weight is 395 g/mol. The molecule has 5 heteroatoms. The largest absolute Gasteiger partial charge is 0.396 e. The summed E-state index contributed by atoms with van der Waals surface area (Å²) in [7, 11) is 0. The van der Waals surface area contributed by atoms with Crippen molar-refractivity contribution < 1.29 is 5.11 Å². The standard InChI is InChI=1S/C24H34N4O/c1-20-6-5-7-21(25-20)18-27-15-16-28(19-24(27)12-17-29)23-10-13-26(14-11-23)22-8-3-2-4-9-22/h2-9,23-24,29H,10-19H2,1H3. The number of anilines is 1. The monoisotopic (exact) mass is 394 g/mol. The number of benzene rings is 1. The maximum Gasteiger partial charge on any atom is 0.0547 e. The van der Waals surface area contributed by atoms with Gasteiger partial charge < -0.3 is 10.0 Å². The highest BCUT2D eigenvalue weighted by Crippen LogP contribution is 2.25. The Labute approximate surface area is 175 Å². The van der Waals surface area contributed by atoms with E-state index in [9.17, 15) is 5.11 Å². The van der Waals surface area contributed by atoms with E-state index in [1.54, 1.807) is 0 Å². The predicted octanol–water partition coefficient (Wildman–Crippen LogP) is 2.93. The smallest absolute Gasteiger partial charge is 0.0547 e. The minimum absolute atomic E-state index is 0.253. The van der Waals surface area contributed by atoms with Crippen LogP contribution in [0.5, 0.6) is 0 Å². The molecule has 0 spiro atoms. The summed E-state index contributed by atoms with van der Waals surface area (Å²) in [5, 5.41) is 9.64. The normalized spacial score (nSPS) is 22.1. The first-order valence-electron chi connectivity index (χ1n) is 11.0. The zero-order chi connectivity index (χ0) is 20.1. The lowest BCUT2D eigenvalue weighted by Gasteiger charge is -2.46. The number of aromatic nitrogens is 1. The van der Waals surface area contributed by atoms with Gasteiger partial charge in [0.15, 0.2) is 0 Å². The highest BCUT2D eigenvalue weighted by molar-refractivity contribution is 5.46. The number of aliphatic hydroxyl groups excluding tert-OH is 1. The lowest BCUT2D eigenvalue weighted by atomic mass is 9.99. The molecule has 1 unspecified atom stereocenters. The van der Waals surface area contributed by atoms with Crippen molar-refractivity contribution in [2.45, 2.75) is 44.8 Å². The van der Waals surface area contributed by atoms with Gasteiger partial charge in [-0.1, -0.05) is 24.3 Å². The van der Waals surface area contributed by atoms with Crippen LogP contribution in [0.15, 0.2) is 48.5 Å². The minimum Gasteiger partial charge on any atom is -0.396 e. The van der Waals surface area contributed by atoms with Crippen LogP contribution in [0, 0.1) is 6.92 Å². The molecule has 0 aliphatic carbocycles. The molecule has 0 radical (unpaired) electrons. The van der Waals surface area contributed by atoms with Crippen LogP contribution in [-0.4, -0.2) is 71.3 Å². The van der Waals surface area contributed by atoms with Crippen molar-refractivity contribution in [2.75, 3.05) is 44.2 Å². The topological polar surface area (TPSA) is 42.8 Å². The van der Waals surface area contributed by atoms with Crippen LogP contribution in [0.1, 0.15) is 30.7 Å². The van der Waals surface area contributed by atoms with Crippen LogP contribution < -0.4 is 4.90 Å². The van der Waals surface area contributed by atoms with Crippen LogP contribution in [0.3, 0.4) is 0 Å². The fourth-order valence-electron chi connectivity index (χ4n) is 4.90. The van der Waals surface area contributed by atoms with Crippen LogP contribution in [0.2, 0.25) is 0 Å². The molecule has 2 saturated heterocycles. The van der Waals surface area contributed by atoms with E-state index in [2.05, 4.69) is 75.1 Å². The zero-order valence-electron chi connectivity index (χ0n) is 17.6. The molecule has 1 aromatic heterocycles. The summed E-state index contributed by atoms with van der Waals surface area (Å²) in [6.07, 6.45) is 3.28. The minimum atomic E-state index is 0.253. The fourth-order valence-corrected chi connectivity index (χ4v) is 4.90. The van der Waals surface area contributed by atoms with Gasteiger partial charge in [0.1, 0.15) is 0 Å². The van der Waals surface area contributed by atoms with Crippen molar-refractivity contribution in [1.29, 1.82) is 0 Å². The Kier molecular flexibility index (Phi) is 6.80. The summed E-state index contributed by atoms with van der Waals surface area (Å²) >= 11 is 0. The number of piperazine rings is 1. The molecular formula is C24H34N4O. The van der Waals surface area contributed by atoms with Crippen molar-refractivity contribution in [1.82, 2.24) is 14.8 Å². The number of aliphatic hydroxyl groups is 1. The van der Waals surface area contributed by atoms with Gasteiger partial charge >= 0.3 is 0 Å². The third kappa shape index (κ3) is 5.16. The molecule has 0 saturated carbocycles. The van der Waals surface area contributed by atoms with Gasteiger partial charge in [0.2, 0.25) is 0 Å². The number of nitrogens with zero attached hydrogens (tertiary/aromatic N) is 4. The van der Waals surface area contributed by atoms with Gasteiger partial charge in [-0.3, -0.25) is 14.8 Å². The zero-order valence-corrected chi connectivity index (χ0v) is 17.6. The third-order valence-electron chi connectivity index (χ3n) is 6.51. The molecule has 1 atom stereocenters. The molecule has 0 bridgehead atoms. The number of pyridine rings is 1. The highest BCUT2D eigenvalue weighted by Gasteiger charge is 2.32. The first-order chi connectivity index (χ1) is 14.2. The molecule has 2 fully saturated rings. The molecule has 5 nitrogen and oxygen atoms in total. The third-order valence-corrected chi connectivity index (χ3v) is 6.51. The summed E-state index contributed by atoms with van der Waals surface area (Å²) in [6.45, 7) is 8.68. The van der Waals surface area contributed by atoms with Crippen LogP contribution in [0.4, 0.5) is 5.69 Å². The number of aryl methyl sites for hydroxylation is 1. The average Bonchev–Trinajstić information content (AvgIpc) is 2.76.